The van der Waals surface area contributed by atoms with Crippen LogP contribution in [0.4, 0.5) is 0 Å². The van der Waals surface area contributed by atoms with Crippen molar-refractivity contribution in [3.05, 3.63) is 16.1 Å². The van der Waals surface area contributed by atoms with Gasteiger partial charge in [-0.15, -0.1) is 11.3 Å². The number of ether oxygens (including phenoxy) is 1. The van der Waals surface area contributed by atoms with Crippen LogP contribution in [0, 0.1) is 12.8 Å². The monoisotopic (exact) mass is 282 g/mol. The van der Waals surface area contributed by atoms with E-state index in [2.05, 4.69) is 15.7 Å². The van der Waals surface area contributed by atoms with E-state index in [0.717, 1.165) is 36.5 Å². The number of carbonyl (C=O) groups is 1. The lowest BCUT2D eigenvalue weighted by Crippen LogP contribution is -2.39. The molecule has 1 aromatic heterocycles. The molecule has 0 aromatic carbocycles. The van der Waals surface area contributed by atoms with E-state index >= 15 is 0 Å². The zero-order valence-electron chi connectivity index (χ0n) is 11.6. The molecule has 1 heterocycles. The largest absolute Gasteiger partial charge is 0.469 e. The van der Waals surface area contributed by atoms with Gasteiger partial charge in [-0.2, -0.15) is 0 Å². The topological polar surface area (TPSA) is 51.2 Å². The zero-order chi connectivity index (χ0) is 13.7. The summed E-state index contributed by atoms with van der Waals surface area (Å²) in [5.74, 6) is -0.0803. The maximum Gasteiger partial charge on any atom is 0.310 e. The predicted octanol–water partition coefficient (Wildman–Crippen LogP) is 2.66. The van der Waals surface area contributed by atoms with Gasteiger partial charge in [0.2, 0.25) is 0 Å². The Hall–Kier alpha value is -0.940. The summed E-state index contributed by atoms with van der Waals surface area (Å²) in [5.41, 5.74) is 1.06. The fourth-order valence-electron chi connectivity index (χ4n) is 2.69. The lowest BCUT2D eigenvalue weighted by molar-refractivity contribution is -0.146. The first-order chi connectivity index (χ1) is 9.20. The van der Waals surface area contributed by atoms with Gasteiger partial charge in [-0.25, -0.2) is 4.98 Å². The van der Waals surface area contributed by atoms with Crippen molar-refractivity contribution in [2.75, 3.05) is 7.11 Å². The third-order valence-corrected chi connectivity index (χ3v) is 4.67. The van der Waals surface area contributed by atoms with Gasteiger partial charge in [0, 0.05) is 23.7 Å². The van der Waals surface area contributed by atoms with Crippen LogP contribution >= 0.6 is 11.3 Å². The Kier molecular flexibility index (Phi) is 5.34. The van der Waals surface area contributed by atoms with Gasteiger partial charge in [0.15, 0.2) is 0 Å². The molecule has 0 bridgehead atoms. The van der Waals surface area contributed by atoms with Crippen molar-refractivity contribution in [3.63, 3.8) is 0 Å². The third-order valence-electron chi connectivity index (χ3n) is 3.70. The quantitative estimate of drug-likeness (QED) is 0.681. The van der Waals surface area contributed by atoms with Gasteiger partial charge in [0.25, 0.3) is 0 Å². The minimum absolute atomic E-state index is 0.00596. The molecule has 1 aliphatic rings. The molecule has 0 saturated heterocycles. The highest BCUT2D eigenvalue weighted by atomic mass is 32.1. The first-order valence-corrected chi connectivity index (χ1v) is 7.81. The Morgan fingerprint density at radius 1 is 1.47 bits per heavy atom. The van der Waals surface area contributed by atoms with Crippen LogP contribution in [0.1, 0.15) is 42.8 Å². The van der Waals surface area contributed by atoms with Crippen molar-refractivity contribution >= 4 is 17.3 Å². The molecular formula is C14H22N2O2S. The van der Waals surface area contributed by atoms with Gasteiger partial charge < -0.3 is 10.1 Å². The number of thiazole rings is 1. The molecular weight excluding hydrogens is 260 g/mol. The summed E-state index contributed by atoms with van der Waals surface area (Å²) in [6.45, 7) is 2.75. The minimum atomic E-state index is -0.0743. The fraction of sp³-hybridized carbons (Fsp3) is 0.714. The summed E-state index contributed by atoms with van der Waals surface area (Å²) in [6, 6.07) is 0.221. The highest BCUT2D eigenvalue weighted by Crippen LogP contribution is 2.25. The fourth-order valence-corrected chi connectivity index (χ4v) is 3.41. The van der Waals surface area contributed by atoms with E-state index in [1.54, 1.807) is 11.3 Å². The number of nitrogens with one attached hydrogen (secondary N) is 1. The second-order valence-electron chi connectivity index (χ2n) is 5.14. The van der Waals surface area contributed by atoms with Crippen LogP contribution in [0.15, 0.2) is 5.38 Å². The Bertz CT molecular complexity index is 419. The van der Waals surface area contributed by atoms with Gasteiger partial charge in [-0.1, -0.05) is 19.3 Å². The average molecular weight is 282 g/mol. The Morgan fingerprint density at radius 3 is 2.95 bits per heavy atom. The number of hydrogen-bond acceptors (Lipinski definition) is 5. The van der Waals surface area contributed by atoms with E-state index in [1.165, 1.54) is 20.0 Å². The Balaban J connectivity index is 1.95. The molecule has 1 saturated carbocycles. The molecule has 19 heavy (non-hydrogen) atoms. The first kappa shape index (κ1) is 14.5. The van der Waals surface area contributed by atoms with Crippen LogP contribution in [-0.2, 0) is 16.1 Å². The number of rotatable bonds is 4. The molecule has 1 N–H and O–H groups in total. The van der Waals surface area contributed by atoms with E-state index < -0.39 is 0 Å². The van der Waals surface area contributed by atoms with Gasteiger partial charge >= 0.3 is 5.97 Å². The van der Waals surface area contributed by atoms with E-state index in [4.69, 9.17) is 4.74 Å². The standard InChI is InChI=1S/C14H22N2O2S/c1-10-9-19-13(16-10)8-15-12-7-5-3-4-6-11(12)14(17)18-2/h9,11-12,15H,3-8H2,1-2H3/t11-,12+/m1/s1. The summed E-state index contributed by atoms with van der Waals surface area (Å²) >= 11 is 1.67. The third kappa shape index (κ3) is 4.01. The van der Waals surface area contributed by atoms with E-state index in [9.17, 15) is 4.79 Å². The van der Waals surface area contributed by atoms with Crippen molar-refractivity contribution in [2.24, 2.45) is 5.92 Å². The molecule has 0 aliphatic heterocycles. The maximum absolute atomic E-state index is 11.9. The summed E-state index contributed by atoms with van der Waals surface area (Å²) in [5, 5.41) is 6.65. The molecule has 2 rings (SSSR count). The van der Waals surface area contributed by atoms with Gasteiger partial charge in [0.1, 0.15) is 5.01 Å². The zero-order valence-corrected chi connectivity index (χ0v) is 12.5. The highest BCUT2D eigenvalue weighted by molar-refractivity contribution is 7.09. The molecule has 106 valence electrons. The molecule has 1 aromatic rings. The van der Waals surface area contributed by atoms with Crippen LogP contribution in [0.2, 0.25) is 0 Å². The van der Waals surface area contributed by atoms with Crippen LogP contribution in [0.3, 0.4) is 0 Å². The van der Waals surface area contributed by atoms with Crippen LogP contribution in [-0.4, -0.2) is 24.1 Å². The molecule has 0 amide bonds. The molecule has 2 atom stereocenters. The second kappa shape index (κ2) is 7.01. The number of hydrogen-bond donors (Lipinski definition) is 1. The molecule has 1 aliphatic carbocycles. The number of nitrogens with zero attached hydrogens (tertiary/aromatic N) is 1. The molecule has 5 heteroatoms. The van der Waals surface area contributed by atoms with E-state index in [-0.39, 0.29) is 17.9 Å². The summed E-state index contributed by atoms with van der Waals surface area (Å²) < 4.78 is 4.94. The van der Waals surface area contributed by atoms with Crippen molar-refractivity contribution in [1.82, 2.24) is 10.3 Å². The number of esters is 1. The smallest absolute Gasteiger partial charge is 0.310 e. The van der Waals surface area contributed by atoms with Gasteiger partial charge in [-0.3, -0.25) is 4.79 Å². The predicted molar refractivity (Wildman–Crippen MR) is 76.1 cm³/mol. The number of carbonyl (C=O) groups excluding carboxylic acids is 1. The van der Waals surface area contributed by atoms with Crippen molar-refractivity contribution in [2.45, 2.75) is 51.6 Å². The van der Waals surface area contributed by atoms with Crippen molar-refractivity contribution in [3.8, 4) is 0 Å². The molecule has 1 fully saturated rings. The number of aryl methyl sites for hydroxylation is 1. The second-order valence-corrected chi connectivity index (χ2v) is 6.08. The summed E-state index contributed by atoms with van der Waals surface area (Å²) in [4.78, 5) is 16.3. The lowest BCUT2D eigenvalue weighted by atomic mass is 9.95. The molecule has 0 spiro atoms. The Labute approximate surface area is 118 Å². The summed E-state index contributed by atoms with van der Waals surface area (Å²) in [7, 11) is 1.48. The number of methoxy groups -OCH3 is 1. The van der Waals surface area contributed by atoms with Crippen molar-refractivity contribution < 1.29 is 9.53 Å². The van der Waals surface area contributed by atoms with Crippen LogP contribution in [0.25, 0.3) is 0 Å². The average Bonchev–Trinajstić information content (AvgIpc) is 2.69. The number of aromatic nitrogens is 1. The maximum atomic E-state index is 11.9. The van der Waals surface area contributed by atoms with E-state index in [0.29, 0.717) is 0 Å². The molecule has 4 nitrogen and oxygen atoms in total. The normalized spacial score (nSPS) is 23.9. The van der Waals surface area contributed by atoms with Crippen LogP contribution < -0.4 is 5.32 Å². The van der Waals surface area contributed by atoms with Crippen LogP contribution in [0.5, 0.6) is 0 Å². The molecule has 0 radical (unpaired) electrons. The SMILES string of the molecule is COC(=O)[C@@H]1CCCCC[C@@H]1NCc1nc(C)cs1. The molecule has 0 unspecified atom stereocenters. The van der Waals surface area contributed by atoms with Crippen molar-refractivity contribution in [1.29, 1.82) is 0 Å². The first-order valence-electron chi connectivity index (χ1n) is 6.93. The Morgan fingerprint density at radius 2 is 2.26 bits per heavy atom. The summed E-state index contributed by atoms with van der Waals surface area (Å²) in [6.07, 6.45) is 5.49. The van der Waals surface area contributed by atoms with Gasteiger partial charge in [-0.05, 0) is 19.8 Å². The highest BCUT2D eigenvalue weighted by Gasteiger charge is 2.30. The van der Waals surface area contributed by atoms with Gasteiger partial charge in [0.05, 0.1) is 13.0 Å². The minimum Gasteiger partial charge on any atom is -0.469 e. The lowest BCUT2D eigenvalue weighted by Gasteiger charge is -2.23. The van der Waals surface area contributed by atoms with E-state index in [1.807, 2.05) is 6.92 Å².